The Labute approximate surface area is 160 Å². The molecule has 1 aromatic carbocycles. The van der Waals surface area contributed by atoms with Gasteiger partial charge in [0.15, 0.2) is 0 Å². The number of nitrogens with zero attached hydrogens (tertiary/aromatic N) is 2. The molecule has 2 saturated heterocycles. The molecule has 3 fully saturated rings. The SMILES string of the molecule is CN1CCC(Oc2ccc(NC(=O)[C@@H]3CCCN3C(=O)C3CC3)cc2)CC1. The Hall–Kier alpha value is -2.08. The first-order chi connectivity index (χ1) is 13.1. The van der Waals surface area contributed by atoms with Crippen LogP contribution in [0, 0.1) is 5.92 Å². The number of hydrogen-bond acceptors (Lipinski definition) is 4. The molecular formula is C21H29N3O3. The quantitative estimate of drug-likeness (QED) is 0.864. The fraction of sp³-hybridized carbons (Fsp3) is 0.619. The fourth-order valence-electron chi connectivity index (χ4n) is 4.01. The van der Waals surface area contributed by atoms with E-state index in [1.165, 1.54) is 0 Å². The summed E-state index contributed by atoms with van der Waals surface area (Å²) < 4.78 is 6.05. The number of carbonyl (C=O) groups is 2. The molecule has 1 aromatic rings. The maximum absolute atomic E-state index is 12.7. The summed E-state index contributed by atoms with van der Waals surface area (Å²) in [5.41, 5.74) is 0.751. The van der Waals surface area contributed by atoms with Gasteiger partial charge in [0.1, 0.15) is 17.9 Å². The molecule has 2 aliphatic heterocycles. The zero-order chi connectivity index (χ0) is 18.8. The molecule has 0 spiro atoms. The number of likely N-dealkylation sites (tertiary alicyclic amines) is 2. The molecule has 0 unspecified atom stereocenters. The van der Waals surface area contributed by atoms with E-state index in [0.717, 1.165) is 63.1 Å². The molecule has 1 saturated carbocycles. The standard InChI is InChI=1S/C21H29N3O3/c1-23-13-10-18(11-14-23)27-17-8-6-16(7-9-17)22-20(25)19-3-2-12-24(19)21(26)15-4-5-15/h6-9,15,18-19H,2-5,10-14H2,1H3,(H,22,25)/t19-/m0/s1. The molecule has 1 aliphatic carbocycles. The van der Waals surface area contributed by atoms with Gasteiger partial charge in [-0.25, -0.2) is 0 Å². The van der Waals surface area contributed by atoms with E-state index < -0.39 is 0 Å². The van der Waals surface area contributed by atoms with Crippen molar-refractivity contribution in [2.75, 3.05) is 32.0 Å². The maximum atomic E-state index is 12.7. The van der Waals surface area contributed by atoms with E-state index in [9.17, 15) is 9.59 Å². The molecule has 0 bridgehead atoms. The summed E-state index contributed by atoms with van der Waals surface area (Å²) in [6, 6.07) is 7.26. The van der Waals surface area contributed by atoms with Gasteiger partial charge in [-0.05, 0) is 69.8 Å². The van der Waals surface area contributed by atoms with E-state index >= 15 is 0 Å². The van der Waals surface area contributed by atoms with Crippen LogP contribution in [0.25, 0.3) is 0 Å². The Bertz CT molecular complexity index is 678. The highest BCUT2D eigenvalue weighted by Crippen LogP contribution is 2.34. The largest absolute Gasteiger partial charge is 0.490 e. The highest BCUT2D eigenvalue weighted by Gasteiger charge is 2.40. The molecule has 0 aromatic heterocycles. The van der Waals surface area contributed by atoms with E-state index in [1.54, 1.807) is 4.90 Å². The third-order valence-electron chi connectivity index (χ3n) is 5.86. The number of hydrogen-bond donors (Lipinski definition) is 1. The van der Waals surface area contributed by atoms with Gasteiger partial charge in [-0.3, -0.25) is 9.59 Å². The number of benzene rings is 1. The lowest BCUT2D eigenvalue weighted by Crippen LogP contribution is -2.43. The first kappa shape index (κ1) is 18.3. The zero-order valence-corrected chi connectivity index (χ0v) is 16.0. The van der Waals surface area contributed by atoms with Crippen molar-refractivity contribution < 1.29 is 14.3 Å². The summed E-state index contributed by atoms with van der Waals surface area (Å²) in [7, 11) is 2.14. The molecule has 1 atom stereocenters. The number of piperidine rings is 1. The first-order valence-electron chi connectivity index (χ1n) is 10.2. The summed E-state index contributed by atoms with van der Waals surface area (Å²) in [5.74, 6) is 1.09. The second-order valence-electron chi connectivity index (χ2n) is 8.10. The zero-order valence-electron chi connectivity index (χ0n) is 16.0. The predicted octanol–water partition coefficient (Wildman–Crippen LogP) is 2.50. The predicted molar refractivity (Wildman–Crippen MR) is 104 cm³/mol. The van der Waals surface area contributed by atoms with Crippen molar-refractivity contribution in [2.45, 2.75) is 50.7 Å². The summed E-state index contributed by atoms with van der Waals surface area (Å²) in [4.78, 5) is 29.1. The van der Waals surface area contributed by atoms with Crippen molar-refractivity contribution in [2.24, 2.45) is 5.92 Å². The van der Waals surface area contributed by atoms with Crippen molar-refractivity contribution >= 4 is 17.5 Å². The molecule has 4 rings (SSSR count). The molecule has 146 valence electrons. The van der Waals surface area contributed by atoms with E-state index in [0.29, 0.717) is 6.54 Å². The van der Waals surface area contributed by atoms with Crippen LogP contribution in [0.5, 0.6) is 5.75 Å². The molecule has 6 nitrogen and oxygen atoms in total. The van der Waals surface area contributed by atoms with E-state index in [1.807, 2.05) is 24.3 Å². The van der Waals surface area contributed by atoms with Crippen LogP contribution < -0.4 is 10.1 Å². The molecule has 0 radical (unpaired) electrons. The van der Waals surface area contributed by atoms with Crippen LogP contribution in [0.15, 0.2) is 24.3 Å². The topological polar surface area (TPSA) is 61.9 Å². The van der Waals surface area contributed by atoms with Crippen LogP contribution in [-0.4, -0.2) is 60.4 Å². The van der Waals surface area contributed by atoms with E-state index in [4.69, 9.17) is 4.74 Å². The molecular weight excluding hydrogens is 342 g/mol. The van der Waals surface area contributed by atoms with Gasteiger partial charge < -0.3 is 19.9 Å². The lowest BCUT2D eigenvalue weighted by Gasteiger charge is -2.29. The van der Waals surface area contributed by atoms with Gasteiger partial charge in [0.25, 0.3) is 0 Å². The van der Waals surface area contributed by atoms with Crippen molar-refractivity contribution in [1.29, 1.82) is 0 Å². The van der Waals surface area contributed by atoms with Gasteiger partial charge in [0.05, 0.1) is 0 Å². The highest BCUT2D eigenvalue weighted by molar-refractivity contribution is 5.98. The Morgan fingerprint density at radius 3 is 2.37 bits per heavy atom. The van der Waals surface area contributed by atoms with Gasteiger partial charge in [0, 0.05) is 31.2 Å². The van der Waals surface area contributed by atoms with Crippen LogP contribution in [0.3, 0.4) is 0 Å². The van der Waals surface area contributed by atoms with E-state index in [2.05, 4.69) is 17.3 Å². The lowest BCUT2D eigenvalue weighted by atomic mass is 10.1. The molecule has 1 N–H and O–H groups in total. The fourth-order valence-corrected chi connectivity index (χ4v) is 4.01. The molecule has 2 amide bonds. The summed E-state index contributed by atoms with van der Waals surface area (Å²) in [6.07, 6.45) is 5.96. The van der Waals surface area contributed by atoms with Gasteiger partial charge in [0.2, 0.25) is 11.8 Å². The van der Waals surface area contributed by atoms with Crippen LogP contribution in [0.1, 0.15) is 38.5 Å². The van der Waals surface area contributed by atoms with Gasteiger partial charge >= 0.3 is 0 Å². The monoisotopic (exact) mass is 371 g/mol. The van der Waals surface area contributed by atoms with Gasteiger partial charge in [-0.15, -0.1) is 0 Å². The minimum atomic E-state index is -0.326. The number of anilines is 1. The summed E-state index contributed by atoms with van der Waals surface area (Å²) in [6.45, 7) is 2.84. The number of ether oxygens (including phenoxy) is 1. The van der Waals surface area contributed by atoms with Crippen molar-refractivity contribution in [1.82, 2.24) is 9.80 Å². The highest BCUT2D eigenvalue weighted by atomic mass is 16.5. The minimum Gasteiger partial charge on any atom is -0.490 e. The van der Waals surface area contributed by atoms with Crippen LogP contribution >= 0.6 is 0 Å². The smallest absolute Gasteiger partial charge is 0.247 e. The Balaban J connectivity index is 1.31. The number of nitrogens with one attached hydrogen (secondary N) is 1. The Morgan fingerprint density at radius 2 is 1.70 bits per heavy atom. The number of amides is 2. The van der Waals surface area contributed by atoms with Gasteiger partial charge in [-0.1, -0.05) is 0 Å². The van der Waals surface area contributed by atoms with Crippen molar-refractivity contribution in [3.05, 3.63) is 24.3 Å². The second-order valence-corrected chi connectivity index (χ2v) is 8.10. The Morgan fingerprint density at radius 1 is 1.00 bits per heavy atom. The molecule has 3 aliphatic rings. The summed E-state index contributed by atoms with van der Waals surface area (Å²) in [5, 5.41) is 2.97. The van der Waals surface area contributed by atoms with Crippen LogP contribution in [-0.2, 0) is 9.59 Å². The third kappa shape index (κ3) is 4.43. The third-order valence-corrected chi connectivity index (χ3v) is 5.86. The van der Waals surface area contributed by atoms with Crippen molar-refractivity contribution in [3.8, 4) is 5.75 Å². The van der Waals surface area contributed by atoms with E-state index in [-0.39, 0.29) is 29.9 Å². The average molecular weight is 371 g/mol. The minimum absolute atomic E-state index is 0.0783. The van der Waals surface area contributed by atoms with Crippen LogP contribution in [0.2, 0.25) is 0 Å². The van der Waals surface area contributed by atoms with Gasteiger partial charge in [-0.2, -0.15) is 0 Å². The van der Waals surface area contributed by atoms with Crippen LogP contribution in [0.4, 0.5) is 5.69 Å². The molecule has 27 heavy (non-hydrogen) atoms. The number of carbonyl (C=O) groups excluding carboxylic acids is 2. The lowest BCUT2D eigenvalue weighted by molar-refractivity contribution is -0.137. The Kier molecular flexibility index (Phi) is 5.34. The normalized spacial score (nSPS) is 24.0. The second kappa shape index (κ2) is 7.89. The molecule has 6 heteroatoms. The average Bonchev–Trinajstić information content (AvgIpc) is 3.41. The maximum Gasteiger partial charge on any atom is 0.247 e. The first-order valence-corrected chi connectivity index (χ1v) is 10.2. The molecule has 2 heterocycles. The summed E-state index contributed by atoms with van der Waals surface area (Å²) >= 11 is 0. The van der Waals surface area contributed by atoms with Crippen molar-refractivity contribution in [3.63, 3.8) is 0 Å². The number of rotatable bonds is 5.